The molecule has 0 saturated carbocycles. The second kappa shape index (κ2) is 5.09. The Balaban J connectivity index is 2.25. The molecule has 1 heterocycles. The summed E-state index contributed by atoms with van der Waals surface area (Å²) in [6.07, 6.45) is 0. The van der Waals surface area contributed by atoms with E-state index in [9.17, 15) is 4.79 Å². The first-order valence-electron chi connectivity index (χ1n) is 6.34. The molecule has 0 radical (unpaired) electrons. The van der Waals surface area contributed by atoms with E-state index >= 15 is 0 Å². The Hall–Kier alpha value is -2.75. The molecule has 3 aromatic rings. The third-order valence-corrected chi connectivity index (χ3v) is 3.09. The molecule has 3 rings (SSSR count). The van der Waals surface area contributed by atoms with Gasteiger partial charge in [-0.25, -0.2) is 0 Å². The maximum atomic E-state index is 12.7. The van der Waals surface area contributed by atoms with Gasteiger partial charge >= 0.3 is 0 Å². The van der Waals surface area contributed by atoms with Crippen molar-refractivity contribution >= 4 is 0 Å². The van der Waals surface area contributed by atoms with Crippen molar-refractivity contribution in [2.45, 2.75) is 6.92 Å². The lowest BCUT2D eigenvalue weighted by Gasteiger charge is -2.09. The van der Waals surface area contributed by atoms with Crippen molar-refractivity contribution in [2.75, 3.05) is 0 Å². The van der Waals surface area contributed by atoms with Crippen LogP contribution >= 0.6 is 0 Å². The van der Waals surface area contributed by atoms with Crippen LogP contribution in [0, 0.1) is 6.92 Å². The van der Waals surface area contributed by atoms with Crippen LogP contribution in [0.4, 0.5) is 0 Å². The number of aryl methyl sites for hydroxylation is 1. The number of aromatic nitrogens is 3. The van der Waals surface area contributed by atoms with Gasteiger partial charge in [0.25, 0.3) is 5.56 Å². The highest BCUT2D eigenvalue weighted by Crippen LogP contribution is 2.13. The molecule has 2 aromatic carbocycles. The van der Waals surface area contributed by atoms with Crippen LogP contribution in [0.1, 0.15) is 5.82 Å². The van der Waals surface area contributed by atoms with Crippen LogP contribution in [-0.2, 0) is 0 Å². The zero-order chi connectivity index (χ0) is 13.9. The van der Waals surface area contributed by atoms with Gasteiger partial charge in [-0.15, -0.1) is 10.2 Å². The van der Waals surface area contributed by atoms with Crippen molar-refractivity contribution in [2.24, 2.45) is 0 Å². The summed E-state index contributed by atoms with van der Waals surface area (Å²) in [4.78, 5) is 12.7. The highest BCUT2D eigenvalue weighted by Gasteiger charge is 2.12. The molecule has 4 nitrogen and oxygen atoms in total. The first kappa shape index (κ1) is 12.3. The van der Waals surface area contributed by atoms with Crippen LogP contribution in [0.2, 0.25) is 0 Å². The number of nitrogens with zero attached hydrogens (tertiary/aromatic N) is 3. The maximum Gasteiger partial charge on any atom is 0.284 e. The molecule has 0 aliphatic carbocycles. The molecule has 0 aliphatic rings. The minimum Gasteiger partial charge on any atom is -0.266 e. The molecule has 0 bridgehead atoms. The summed E-state index contributed by atoms with van der Waals surface area (Å²) in [5.74, 6) is 0.570. The van der Waals surface area contributed by atoms with Gasteiger partial charge < -0.3 is 0 Å². The van der Waals surface area contributed by atoms with Crippen molar-refractivity contribution in [1.82, 2.24) is 14.8 Å². The lowest BCUT2D eigenvalue weighted by molar-refractivity contribution is 0.803. The largest absolute Gasteiger partial charge is 0.284 e. The van der Waals surface area contributed by atoms with Crippen LogP contribution in [0.25, 0.3) is 16.9 Å². The van der Waals surface area contributed by atoms with Crippen LogP contribution in [0.3, 0.4) is 0 Å². The van der Waals surface area contributed by atoms with Crippen LogP contribution < -0.4 is 5.56 Å². The zero-order valence-electron chi connectivity index (χ0n) is 11.0. The molecular formula is C16H13N3O. The highest BCUT2D eigenvalue weighted by atomic mass is 16.1. The van der Waals surface area contributed by atoms with Crippen molar-refractivity contribution in [3.05, 3.63) is 76.8 Å². The van der Waals surface area contributed by atoms with E-state index in [1.54, 1.807) is 11.5 Å². The summed E-state index contributed by atoms with van der Waals surface area (Å²) in [5, 5.41) is 8.16. The standard InChI is InChI=1S/C16H13N3O/c1-12-17-18-15(13-8-4-2-5-9-13)16(20)19(12)14-10-6-3-7-11-14/h2-11H,1H3. The van der Waals surface area contributed by atoms with Crippen molar-refractivity contribution in [3.63, 3.8) is 0 Å². The SMILES string of the molecule is Cc1nnc(-c2ccccc2)c(=O)n1-c1ccccc1. The van der Waals surface area contributed by atoms with E-state index in [0.29, 0.717) is 11.5 Å². The maximum absolute atomic E-state index is 12.7. The van der Waals surface area contributed by atoms with Gasteiger partial charge in [0.05, 0.1) is 5.69 Å². The Bertz CT molecular complexity index is 780. The van der Waals surface area contributed by atoms with Gasteiger partial charge in [-0.2, -0.15) is 0 Å². The van der Waals surface area contributed by atoms with Crippen LogP contribution in [0.15, 0.2) is 65.5 Å². The molecule has 4 heteroatoms. The Labute approximate surface area is 116 Å². The molecule has 0 aliphatic heterocycles. The van der Waals surface area contributed by atoms with E-state index in [4.69, 9.17) is 0 Å². The fourth-order valence-electron chi connectivity index (χ4n) is 2.12. The summed E-state index contributed by atoms with van der Waals surface area (Å²) in [5.41, 5.74) is 1.77. The first-order chi connectivity index (χ1) is 9.77. The highest BCUT2D eigenvalue weighted by molar-refractivity contribution is 5.57. The molecule has 0 amide bonds. The molecule has 0 fully saturated rings. The zero-order valence-corrected chi connectivity index (χ0v) is 11.0. The smallest absolute Gasteiger partial charge is 0.266 e. The Morgan fingerprint density at radius 3 is 2.10 bits per heavy atom. The molecule has 0 atom stereocenters. The monoisotopic (exact) mass is 263 g/mol. The van der Waals surface area contributed by atoms with Gasteiger partial charge in [0, 0.05) is 5.56 Å². The van der Waals surface area contributed by atoms with Crippen molar-refractivity contribution in [1.29, 1.82) is 0 Å². The van der Waals surface area contributed by atoms with Crippen molar-refractivity contribution < 1.29 is 0 Å². The third kappa shape index (κ3) is 2.12. The molecule has 0 spiro atoms. The van der Waals surface area contributed by atoms with Gasteiger partial charge in [-0.05, 0) is 19.1 Å². The number of benzene rings is 2. The molecule has 20 heavy (non-hydrogen) atoms. The molecule has 0 saturated heterocycles. The van der Waals surface area contributed by atoms with Gasteiger partial charge in [0.1, 0.15) is 5.82 Å². The second-order valence-electron chi connectivity index (χ2n) is 4.44. The second-order valence-corrected chi connectivity index (χ2v) is 4.44. The van der Waals surface area contributed by atoms with Gasteiger partial charge in [0.2, 0.25) is 0 Å². The number of hydrogen-bond acceptors (Lipinski definition) is 3. The fraction of sp³-hybridized carbons (Fsp3) is 0.0625. The third-order valence-electron chi connectivity index (χ3n) is 3.09. The summed E-state index contributed by atoms with van der Waals surface area (Å²) < 4.78 is 1.58. The summed E-state index contributed by atoms with van der Waals surface area (Å²) in [6.45, 7) is 1.77. The predicted octanol–water partition coefficient (Wildman–Crippen LogP) is 2.60. The quantitative estimate of drug-likeness (QED) is 0.714. The number of hydrogen-bond donors (Lipinski definition) is 0. The lowest BCUT2D eigenvalue weighted by atomic mass is 10.1. The van der Waals surface area contributed by atoms with E-state index in [1.807, 2.05) is 60.7 Å². The van der Waals surface area contributed by atoms with E-state index < -0.39 is 0 Å². The Morgan fingerprint density at radius 2 is 1.45 bits per heavy atom. The van der Waals surface area contributed by atoms with E-state index in [1.165, 1.54) is 0 Å². The molecule has 0 N–H and O–H groups in total. The molecule has 0 unspecified atom stereocenters. The van der Waals surface area contributed by atoms with Gasteiger partial charge in [-0.3, -0.25) is 9.36 Å². The summed E-state index contributed by atoms with van der Waals surface area (Å²) in [7, 11) is 0. The van der Waals surface area contributed by atoms with Gasteiger partial charge in [-0.1, -0.05) is 48.5 Å². The average molecular weight is 263 g/mol. The van der Waals surface area contributed by atoms with E-state index in [0.717, 1.165) is 11.3 Å². The topological polar surface area (TPSA) is 47.8 Å². The molecule has 1 aromatic heterocycles. The predicted molar refractivity (Wildman–Crippen MR) is 77.8 cm³/mol. The van der Waals surface area contributed by atoms with Gasteiger partial charge in [0.15, 0.2) is 5.69 Å². The molecular weight excluding hydrogens is 250 g/mol. The number of rotatable bonds is 2. The average Bonchev–Trinajstić information content (AvgIpc) is 2.49. The fourth-order valence-corrected chi connectivity index (χ4v) is 2.12. The van der Waals surface area contributed by atoms with Crippen LogP contribution in [-0.4, -0.2) is 14.8 Å². The summed E-state index contributed by atoms with van der Waals surface area (Å²) >= 11 is 0. The molecule has 98 valence electrons. The van der Waals surface area contributed by atoms with Crippen molar-refractivity contribution in [3.8, 4) is 16.9 Å². The minimum absolute atomic E-state index is 0.157. The first-order valence-corrected chi connectivity index (χ1v) is 6.34. The van der Waals surface area contributed by atoms with E-state index in [2.05, 4.69) is 10.2 Å². The Morgan fingerprint density at radius 1 is 0.850 bits per heavy atom. The Kier molecular flexibility index (Phi) is 3.13. The minimum atomic E-state index is -0.157. The summed E-state index contributed by atoms with van der Waals surface area (Å²) in [6, 6.07) is 18.8. The van der Waals surface area contributed by atoms with Crippen LogP contribution in [0.5, 0.6) is 0 Å². The normalized spacial score (nSPS) is 10.4. The van der Waals surface area contributed by atoms with E-state index in [-0.39, 0.29) is 5.56 Å². The number of para-hydroxylation sites is 1. The lowest BCUT2D eigenvalue weighted by Crippen LogP contribution is -2.25.